The number of hydrogen-bond acceptors (Lipinski definition) is 4. The van der Waals surface area contributed by atoms with Crippen molar-refractivity contribution in [1.29, 1.82) is 0 Å². The minimum absolute atomic E-state index is 0.201. The summed E-state index contributed by atoms with van der Waals surface area (Å²) in [5, 5.41) is 8.45. The van der Waals surface area contributed by atoms with Crippen molar-refractivity contribution >= 4 is 29.4 Å². The highest BCUT2D eigenvalue weighted by Gasteiger charge is 2.50. The molecule has 1 saturated heterocycles. The molecule has 1 aromatic rings. The fourth-order valence-electron chi connectivity index (χ4n) is 4.28. The minimum Gasteiger partial charge on any atom is -0.349 e. The number of hydrogen-bond donors (Lipinski definition) is 3. The molecule has 30 heavy (non-hydrogen) atoms. The standard InChI is InChI=1S/C22H28N4O4/c27-18(24-17-9-5-4-8-16(17)19(28)23-15-10-11-15)14-26-20(29)22(25-21(26)30)12-6-2-1-3-7-13-22/h4-5,8-9,15H,1-3,6-7,10-14H2,(H,23,28)(H,24,27)(H,25,30). The molecule has 3 fully saturated rings. The number of urea groups is 1. The second-order valence-electron chi connectivity index (χ2n) is 8.51. The summed E-state index contributed by atoms with van der Waals surface area (Å²) in [7, 11) is 0. The van der Waals surface area contributed by atoms with Crippen LogP contribution in [-0.2, 0) is 9.59 Å². The van der Waals surface area contributed by atoms with Crippen LogP contribution in [0.5, 0.6) is 0 Å². The van der Waals surface area contributed by atoms with Crippen molar-refractivity contribution in [2.45, 2.75) is 69.4 Å². The van der Waals surface area contributed by atoms with Crippen LogP contribution in [0.4, 0.5) is 10.5 Å². The lowest BCUT2D eigenvalue weighted by atomic mass is 9.84. The van der Waals surface area contributed by atoms with Crippen LogP contribution in [0.3, 0.4) is 0 Å². The molecule has 1 aromatic carbocycles. The van der Waals surface area contributed by atoms with Crippen LogP contribution in [0.15, 0.2) is 24.3 Å². The molecule has 160 valence electrons. The van der Waals surface area contributed by atoms with Crippen LogP contribution >= 0.6 is 0 Å². The molecule has 0 unspecified atom stereocenters. The third kappa shape index (κ3) is 4.32. The molecule has 5 amide bonds. The van der Waals surface area contributed by atoms with Crippen LogP contribution < -0.4 is 16.0 Å². The number of rotatable bonds is 5. The third-order valence-corrected chi connectivity index (χ3v) is 6.11. The minimum atomic E-state index is -0.875. The van der Waals surface area contributed by atoms with Gasteiger partial charge in [-0.25, -0.2) is 4.79 Å². The normalized spacial score (nSPS) is 21.0. The van der Waals surface area contributed by atoms with Crippen molar-refractivity contribution < 1.29 is 19.2 Å². The monoisotopic (exact) mass is 412 g/mol. The molecular weight excluding hydrogens is 384 g/mol. The van der Waals surface area contributed by atoms with Crippen molar-refractivity contribution in [2.75, 3.05) is 11.9 Å². The fourth-order valence-corrected chi connectivity index (χ4v) is 4.28. The molecule has 3 aliphatic rings. The highest BCUT2D eigenvalue weighted by atomic mass is 16.2. The van der Waals surface area contributed by atoms with Gasteiger partial charge in [0, 0.05) is 6.04 Å². The van der Waals surface area contributed by atoms with E-state index in [1.54, 1.807) is 24.3 Å². The lowest BCUT2D eigenvalue weighted by molar-refractivity contribution is -0.134. The summed E-state index contributed by atoms with van der Waals surface area (Å²) in [6.45, 7) is -0.370. The summed E-state index contributed by atoms with van der Waals surface area (Å²) in [6.07, 6.45) is 8.17. The lowest BCUT2D eigenvalue weighted by Gasteiger charge is -2.28. The fraction of sp³-hybridized carbons (Fsp3) is 0.545. The van der Waals surface area contributed by atoms with Gasteiger partial charge in [-0.3, -0.25) is 19.3 Å². The van der Waals surface area contributed by atoms with E-state index in [-0.39, 0.29) is 24.4 Å². The van der Waals surface area contributed by atoms with Crippen LogP contribution in [0.25, 0.3) is 0 Å². The second-order valence-corrected chi connectivity index (χ2v) is 8.51. The molecule has 0 atom stereocenters. The zero-order chi connectivity index (χ0) is 21.1. The molecule has 8 nitrogen and oxygen atoms in total. The van der Waals surface area contributed by atoms with Crippen molar-refractivity contribution in [3.05, 3.63) is 29.8 Å². The van der Waals surface area contributed by atoms with Crippen LogP contribution in [0.1, 0.15) is 68.1 Å². The highest BCUT2D eigenvalue weighted by molar-refractivity contribution is 6.11. The van der Waals surface area contributed by atoms with E-state index < -0.39 is 17.5 Å². The zero-order valence-corrected chi connectivity index (χ0v) is 17.0. The molecular formula is C22H28N4O4. The predicted octanol–water partition coefficient (Wildman–Crippen LogP) is 2.55. The maximum Gasteiger partial charge on any atom is 0.325 e. The Bertz CT molecular complexity index is 856. The summed E-state index contributed by atoms with van der Waals surface area (Å²) in [4.78, 5) is 51.6. The Morgan fingerprint density at radius 2 is 1.70 bits per heavy atom. The van der Waals surface area contributed by atoms with Crippen molar-refractivity contribution in [3.8, 4) is 0 Å². The van der Waals surface area contributed by atoms with E-state index in [0.717, 1.165) is 49.8 Å². The topological polar surface area (TPSA) is 108 Å². The van der Waals surface area contributed by atoms with Gasteiger partial charge in [-0.2, -0.15) is 0 Å². The summed E-state index contributed by atoms with van der Waals surface area (Å²) in [6, 6.07) is 6.42. The van der Waals surface area contributed by atoms with Gasteiger partial charge in [0.2, 0.25) is 5.91 Å². The molecule has 1 aliphatic heterocycles. The smallest absolute Gasteiger partial charge is 0.325 e. The Hall–Kier alpha value is -2.90. The number of para-hydroxylation sites is 1. The molecule has 2 saturated carbocycles. The van der Waals surface area contributed by atoms with Gasteiger partial charge in [0.15, 0.2) is 0 Å². The predicted molar refractivity (Wildman–Crippen MR) is 111 cm³/mol. The first-order valence-corrected chi connectivity index (χ1v) is 10.8. The van der Waals surface area contributed by atoms with Crippen LogP contribution in [-0.4, -0.2) is 46.8 Å². The first-order chi connectivity index (χ1) is 14.5. The summed E-state index contributed by atoms with van der Waals surface area (Å²) in [5.41, 5.74) is -0.139. The Kier molecular flexibility index (Phi) is 5.74. The van der Waals surface area contributed by atoms with Gasteiger partial charge >= 0.3 is 6.03 Å². The molecule has 0 bridgehead atoms. The van der Waals surface area contributed by atoms with E-state index in [1.807, 2.05) is 0 Å². The second kappa shape index (κ2) is 8.45. The average Bonchev–Trinajstić information content (AvgIpc) is 3.48. The molecule has 0 radical (unpaired) electrons. The van der Waals surface area contributed by atoms with Crippen LogP contribution in [0.2, 0.25) is 0 Å². The van der Waals surface area contributed by atoms with E-state index in [4.69, 9.17) is 0 Å². The number of amides is 5. The molecule has 8 heteroatoms. The Balaban J connectivity index is 1.42. The first kappa shape index (κ1) is 20.4. The number of nitrogens with one attached hydrogen (secondary N) is 3. The average molecular weight is 412 g/mol. The lowest BCUT2D eigenvalue weighted by Crippen LogP contribution is -2.47. The zero-order valence-electron chi connectivity index (χ0n) is 17.0. The quantitative estimate of drug-likeness (QED) is 0.646. The van der Waals surface area contributed by atoms with E-state index in [2.05, 4.69) is 16.0 Å². The van der Waals surface area contributed by atoms with E-state index in [0.29, 0.717) is 24.1 Å². The van der Waals surface area contributed by atoms with Gasteiger partial charge in [-0.15, -0.1) is 0 Å². The van der Waals surface area contributed by atoms with Crippen molar-refractivity contribution in [3.63, 3.8) is 0 Å². The number of nitrogens with zero attached hydrogens (tertiary/aromatic N) is 1. The summed E-state index contributed by atoms with van der Waals surface area (Å²) < 4.78 is 0. The van der Waals surface area contributed by atoms with Crippen molar-refractivity contribution in [1.82, 2.24) is 15.5 Å². The van der Waals surface area contributed by atoms with Gasteiger partial charge in [-0.05, 0) is 37.8 Å². The number of anilines is 1. The summed E-state index contributed by atoms with van der Waals surface area (Å²) in [5.74, 6) is -1.06. The number of carbonyl (C=O) groups is 4. The number of benzene rings is 1. The van der Waals surface area contributed by atoms with Gasteiger partial charge in [0.05, 0.1) is 11.3 Å². The maximum absolute atomic E-state index is 13.0. The van der Waals surface area contributed by atoms with E-state index in [1.165, 1.54) is 0 Å². The molecule has 3 N–H and O–H groups in total. The highest BCUT2D eigenvalue weighted by Crippen LogP contribution is 2.32. The SMILES string of the molecule is O=C(CN1C(=O)NC2(CCCCCCC2)C1=O)Nc1ccccc1C(=O)NC1CC1. The van der Waals surface area contributed by atoms with Crippen LogP contribution in [0, 0.1) is 0 Å². The molecule has 0 aromatic heterocycles. The number of carbonyl (C=O) groups excluding carboxylic acids is 4. The number of imide groups is 1. The Labute approximate surface area is 175 Å². The third-order valence-electron chi connectivity index (χ3n) is 6.11. The summed E-state index contributed by atoms with van der Waals surface area (Å²) >= 11 is 0. The Morgan fingerprint density at radius 3 is 2.40 bits per heavy atom. The largest absolute Gasteiger partial charge is 0.349 e. The van der Waals surface area contributed by atoms with Gasteiger partial charge < -0.3 is 16.0 Å². The molecule has 1 heterocycles. The van der Waals surface area contributed by atoms with Gasteiger partial charge in [-0.1, -0.05) is 44.2 Å². The van der Waals surface area contributed by atoms with E-state index in [9.17, 15) is 19.2 Å². The van der Waals surface area contributed by atoms with Crippen molar-refractivity contribution in [2.24, 2.45) is 0 Å². The van der Waals surface area contributed by atoms with E-state index >= 15 is 0 Å². The van der Waals surface area contributed by atoms with Gasteiger partial charge in [0.25, 0.3) is 11.8 Å². The van der Waals surface area contributed by atoms with Gasteiger partial charge in [0.1, 0.15) is 12.1 Å². The first-order valence-electron chi connectivity index (χ1n) is 10.8. The Morgan fingerprint density at radius 1 is 1.03 bits per heavy atom. The maximum atomic E-state index is 13.0. The molecule has 4 rings (SSSR count). The molecule has 2 aliphatic carbocycles. The molecule has 1 spiro atoms.